The van der Waals surface area contributed by atoms with Crippen LogP contribution in [-0.2, 0) is 4.74 Å². The zero-order chi connectivity index (χ0) is 13.4. The Balaban J connectivity index is 2.32. The molecule has 1 aromatic rings. The zero-order valence-electron chi connectivity index (χ0n) is 11.9. The van der Waals surface area contributed by atoms with Gasteiger partial charge in [-0.15, -0.1) is 0 Å². The Bertz CT molecular complexity index is 341. The average Bonchev–Trinajstić information content (AvgIpc) is 2.37. The first-order chi connectivity index (χ1) is 8.65. The molecule has 0 radical (unpaired) electrons. The quantitative estimate of drug-likeness (QED) is 0.720. The summed E-state index contributed by atoms with van der Waals surface area (Å²) < 4.78 is 5.05. The van der Waals surface area contributed by atoms with Crippen molar-refractivity contribution in [2.75, 3.05) is 33.9 Å². The summed E-state index contributed by atoms with van der Waals surface area (Å²) in [6.45, 7) is 5.04. The highest BCUT2D eigenvalue weighted by molar-refractivity contribution is 5.28. The van der Waals surface area contributed by atoms with Crippen LogP contribution in [0.2, 0.25) is 0 Å². The molecular weight excluding hydrogens is 224 g/mol. The highest BCUT2D eigenvalue weighted by atomic mass is 16.5. The topological polar surface area (TPSA) is 38.5 Å². The number of ether oxygens (including phenoxy) is 1. The van der Waals surface area contributed by atoms with Gasteiger partial charge < -0.3 is 15.4 Å². The van der Waals surface area contributed by atoms with E-state index in [0.717, 1.165) is 32.5 Å². The lowest BCUT2D eigenvalue weighted by Gasteiger charge is -2.20. The van der Waals surface area contributed by atoms with Crippen molar-refractivity contribution in [1.82, 2.24) is 4.90 Å². The molecule has 0 saturated heterocycles. The Morgan fingerprint density at radius 1 is 1.28 bits per heavy atom. The largest absolute Gasteiger partial charge is 0.385 e. The molecule has 0 aromatic heterocycles. The van der Waals surface area contributed by atoms with Crippen molar-refractivity contribution < 1.29 is 4.74 Å². The van der Waals surface area contributed by atoms with E-state index in [1.807, 2.05) is 0 Å². The van der Waals surface area contributed by atoms with Gasteiger partial charge in [0.05, 0.1) is 0 Å². The van der Waals surface area contributed by atoms with Gasteiger partial charge in [-0.25, -0.2) is 0 Å². The van der Waals surface area contributed by atoms with Crippen molar-refractivity contribution in [3.05, 3.63) is 35.4 Å². The SMILES string of the molecule is COCCCN(C)CCC(N)c1ccccc1C. The van der Waals surface area contributed by atoms with E-state index in [9.17, 15) is 0 Å². The molecule has 0 aliphatic heterocycles. The lowest BCUT2D eigenvalue weighted by Crippen LogP contribution is -2.25. The molecule has 0 aliphatic carbocycles. The van der Waals surface area contributed by atoms with Crippen LogP contribution in [0.5, 0.6) is 0 Å². The second-order valence-electron chi connectivity index (χ2n) is 4.90. The Morgan fingerprint density at radius 2 is 2.00 bits per heavy atom. The Labute approximate surface area is 111 Å². The number of hydrogen-bond donors (Lipinski definition) is 1. The molecule has 0 spiro atoms. The van der Waals surface area contributed by atoms with Crippen LogP contribution in [-0.4, -0.2) is 38.8 Å². The van der Waals surface area contributed by atoms with E-state index in [1.54, 1.807) is 7.11 Å². The first kappa shape index (κ1) is 15.2. The predicted octanol–water partition coefficient (Wildman–Crippen LogP) is 2.35. The van der Waals surface area contributed by atoms with E-state index in [4.69, 9.17) is 10.5 Å². The molecule has 1 rings (SSSR count). The maximum Gasteiger partial charge on any atom is 0.0474 e. The average molecular weight is 250 g/mol. The van der Waals surface area contributed by atoms with E-state index in [2.05, 4.69) is 43.1 Å². The van der Waals surface area contributed by atoms with Gasteiger partial charge in [-0.3, -0.25) is 0 Å². The molecule has 1 unspecified atom stereocenters. The molecule has 0 aliphatic rings. The zero-order valence-corrected chi connectivity index (χ0v) is 11.9. The van der Waals surface area contributed by atoms with E-state index in [0.29, 0.717) is 0 Å². The summed E-state index contributed by atoms with van der Waals surface area (Å²) in [5.41, 5.74) is 8.80. The minimum absolute atomic E-state index is 0.135. The summed E-state index contributed by atoms with van der Waals surface area (Å²) in [7, 11) is 3.88. The molecule has 1 aromatic carbocycles. The summed E-state index contributed by atoms with van der Waals surface area (Å²) in [6, 6.07) is 8.51. The van der Waals surface area contributed by atoms with E-state index in [-0.39, 0.29) is 6.04 Å². The molecule has 0 amide bonds. The molecular formula is C15H26N2O. The number of hydrogen-bond acceptors (Lipinski definition) is 3. The van der Waals surface area contributed by atoms with Gasteiger partial charge in [-0.05, 0) is 44.5 Å². The van der Waals surface area contributed by atoms with Gasteiger partial charge >= 0.3 is 0 Å². The fourth-order valence-corrected chi connectivity index (χ4v) is 2.11. The second kappa shape index (κ2) is 8.25. The van der Waals surface area contributed by atoms with Gasteiger partial charge in [0.15, 0.2) is 0 Å². The second-order valence-corrected chi connectivity index (χ2v) is 4.90. The van der Waals surface area contributed by atoms with Gasteiger partial charge in [-0.2, -0.15) is 0 Å². The molecule has 3 nitrogen and oxygen atoms in total. The molecule has 0 bridgehead atoms. The molecule has 1 atom stereocenters. The first-order valence-corrected chi connectivity index (χ1v) is 6.63. The molecule has 0 saturated carbocycles. The predicted molar refractivity (Wildman–Crippen MR) is 76.7 cm³/mol. The third-order valence-corrected chi connectivity index (χ3v) is 3.30. The van der Waals surface area contributed by atoms with Crippen LogP contribution in [0.25, 0.3) is 0 Å². The van der Waals surface area contributed by atoms with Crippen molar-refractivity contribution in [2.45, 2.75) is 25.8 Å². The van der Waals surface area contributed by atoms with Crippen molar-refractivity contribution in [3.8, 4) is 0 Å². The number of rotatable bonds is 8. The molecule has 2 N–H and O–H groups in total. The lowest BCUT2D eigenvalue weighted by molar-refractivity contribution is 0.178. The molecule has 0 fully saturated rings. The van der Waals surface area contributed by atoms with Gasteiger partial charge in [0.2, 0.25) is 0 Å². The third-order valence-electron chi connectivity index (χ3n) is 3.30. The van der Waals surface area contributed by atoms with E-state index in [1.165, 1.54) is 11.1 Å². The van der Waals surface area contributed by atoms with Gasteiger partial charge in [0.25, 0.3) is 0 Å². The summed E-state index contributed by atoms with van der Waals surface area (Å²) in [6.07, 6.45) is 2.07. The van der Waals surface area contributed by atoms with Gasteiger partial charge in [0, 0.05) is 26.3 Å². The van der Waals surface area contributed by atoms with E-state index < -0.39 is 0 Å². The van der Waals surface area contributed by atoms with Crippen LogP contribution in [0, 0.1) is 6.92 Å². The molecule has 3 heteroatoms. The number of nitrogens with zero attached hydrogens (tertiary/aromatic N) is 1. The minimum Gasteiger partial charge on any atom is -0.385 e. The fourth-order valence-electron chi connectivity index (χ4n) is 2.11. The fraction of sp³-hybridized carbons (Fsp3) is 0.600. The minimum atomic E-state index is 0.135. The summed E-state index contributed by atoms with van der Waals surface area (Å²) >= 11 is 0. The van der Waals surface area contributed by atoms with Gasteiger partial charge in [-0.1, -0.05) is 24.3 Å². The number of benzene rings is 1. The van der Waals surface area contributed by atoms with Crippen LogP contribution in [0.4, 0.5) is 0 Å². The smallest absolute Gasteiger partial charge is 0.0474 e. The summed E-state index contributed by atoms with van der Waals surface area (Å²) in [5, 5.41) is 0. The van der Waals surface area contributed by atoms with Crippen molar-refractivity contribution in [1.29, 1.82) is 0 Å². The monoisotopic (exact) mass is 250 g/mol. The lowest BCUT2D eigenvalue weighted by atomic mass is 9.99. The van der Waals surface area contributed by atoms with Crippen LogP contribution in [0.1, 0.15) is 30.0 Å². The van der Waals surface area contributed by atoms with E-state index >= 15 is 0 Å². The van der Waals surface area contributed by atoms with Crippen molar-refractivity contribution in [2.24, 2.45) is 5.73 Å². The number of nitrogens with two attached hydrogens (primary N) is 1. The maximum atomic E-state index is 6.25. The van der Waals surface area contributed by atoms with Crippen LogP contribution >= 0.6 is 0 Å². The third kappa shape index (κ3) is 5.17. The Hall–Kier alpha value is -0.900. The van der Waals surface area contributed by atoms with Crippen molar-refractivity contribution in [3.63, 3.8) is 0 Å². The summed E-state index contributed by atoms with van der Waals surface area (Å²) in [5.74, 6) is 0. The molecule has 102 valence electrons. The van der Waals surface area contributed by atoms with Gasteiger partial charge in [0.1, 0.15) is 0 Å². The van der Waals surface area contributed by atoms with Crippen LogP contribution in [0.3, 0.4) is 0 Å². The standard InChI is InChI=1S/C15H26N2O/c1-13-7-4-5-8-14(13)15(16)9-11-17(2)10-6-12-18-3/h4-5,7-8,15H,6,9-12,16H2,1-3H3. The maximum absolute atomic E-state index is 6.25. The Kier molecular flexibility index (Phi) is 6.94. The molecule has 18 heavy (non-hydrogen) atoms. The number of aryl methyl sites for hydroxylation is 1. The Morgan fingerprint density at radius 3 is 2.67 bits per heavy atom. The normalized spacial score (nSPS) is 12.9. The van der Waals surface area contributed by atoms with Crippen molar-refractivity contribution >= 4 is 0 Å². The van der Waals surface area contributed by atoms with Crippen LogP contribution < -0.4 is 5.73 Å². The summed E-state index contributed by atoms with van der Waals surface area (Å²) in [4.78, 5) is 2.32. The number of methoxy groups -OCH3 is 1. The molecule has 0 heterocycles. The van der Waals surface area contributed by atoms with Crippen LogP contribution in [0.15, 0.2) is 24.3 Å². The highest BCUT2D eigenvalue weighted by Crippen LogP contribution is 2.18. The highest BCUT2D eigenvalue weighted by Gasteiger charge is 2.09. The first-order valence-electron chi connectivity index (χ1n) is 6.63.